The molecule has 0 spiro atoms. The molecule has 0 aromatic heterocycles. The molecule has 1 atom stereocenters. The van der Waals surface area contributed by atoms with Crippen molar-refractivity contribution in [1.29, 1.82) is 0 Å². The molecule has 110 valence electrons. The van der Waals surface area contributed by atoms with E-state index in [2.05, 4.69) is 40.5 Å². The lowest BCUT2D eigenvalue weighted by Gasteiger charge is -2.28. The van der Waals surface area contributed by atoms with Gasteiger partial charge in [-0.2, -0.15) is 0 Å². The van der Waals surface area contributed by atoms with E-state index in [0.717, 1.165) is 19.4 Å². The lowest BCUT2D eigenvalue weighted by atomic mass is 10.0. The second-order valence-corrected chi connectivity index (χ2v) is 5.64. The first-order chi connectivity index (χ1) is 9.79. The van der Waals surface area contributed by atoms with E-state index < -0.39 is 0 Å². The van der Waals surface area contributed by atoms with Crippen LogP contribution in [0.1, 0.15) is 38.2 Å². The molecule has 0 aliphatic carbocycles. The zero-order chi connectivity index (χ0) is 14.2. The number of likely N-dealkylation sites (tertiary alicyclic amines) is 1. The van der Waals surface area contributed by atoms with Crippen LogP contribution < -0.4 is 5.32 Å². The van der Waals surface area contributed by atoms with Crippen LogP contribution >= 0.6 is 0 Å². The van der Waals surface area contributed by atoms with Crippen molar-refractivity contribution >= 4 is 5.91 Å². The minimum atomic E-state index is 0.185. The first kappa shape index (κ1) is 15.0. The molecule has 0 saturated carbocycles. The number of rotatable bonds is 7. The van der Waals surface area contributed by atoms with Crippen molar-refractivity contribution in [3.8, 4) is 0 Å². The van der Waals surface area contributed by atoms with Gasteiger partial charge >= 0.3 is 0 Å². The summed E-state index contributed by atoms with van der Waals surface area (Å²) in [6.07, 6.45) is 5.15. The van der Waals surface area contributed by atoms with Gasteiger partial charge in [0.15, 0.2) is 0 Å². The van der Waals surface area contributed by atoms with E-state index in [9.17, 15) is 4.79 Å². The Labute approximate surface area is 122 Å². The predicted molar refractivity (Wildman–Crippen MR) is 82.7 cm³/mol. The average Bonchev–Trinajstić information content (AvgIpc) is 2.99. The van der Waals surface area contributed by atoms with Crippen molar-refractivity contribution in [2.45, 2.75) is 45.1 Å². The molecule has 0 radical (unpaired) electrons. The van der Waals surface area contributed by atoms with Gasteiger partial charge in [0.25, 0.3) is 0 Å². The van der Waals surface area contributed by atoms with Crippen LogP contribution in [-0.2, 0) is 11.2 Å². The summed E-state index contributed by atoms with van der Waals surface area (Å²) in [6, 6.07) is 11.0. The summed E-state index contributed by atoms with van der Waals surface area (Å²) in [4.78, 5) is 14.2. The number of nitrogens with zero attached hydrogens (tertiary/aromatic N) is 1. The zero-order valence-corrected chi connectivity index (χ0v) is 12.5. The summed E-state index contributed by atoms with van der Waals surface area (Å²) in [5.41, 5.74) is 1.36. The van der Waals surface area contributed by atoms with E-state index in [-0.39, 0.29) is 5.91 Å². The van der Waals surface area contributed by atoms with Gasteiger partial charge in [-0.25, -0.2) is 0 Å². The Bertz CT molecular complexity index is 399. The van der Waals surface area contributed by atoms with E-state index in [1.54, 1.807) is 0 Å². The molecule has 1 unspecified atom stereocenters. The van der Waals surface area contributed by atoms with Gasteiger partial charge in [-0.05, 0) is 44.3 Å². The van der Waals surface area contributed by atoms with Crippen molar-refractivity contribution in [2.24, 2.45) is 0 Å². The number of hydrogen-bond donors (Lipinski definition) is 1. The van der Waals surface area contributed by atoms with Crippen molar-refractivity contribution in [2.75, 3.05) is 19.6 Å². The van der Waals surface area contributed by atoms with E-state index in [1.165, 1.54) is 31.5 Å². The van der Waals surface area contributed by atoms with E-state index in [0.29, 0.717) is 12.5 Å². The van der Waals surface area contributed by atoms with Gasteiger partial charge in [0.05, 0.1) is 0 Å². The molecule has 0 bridgehead atoms. The maximum Gasteiger partial charge on any atom is 0.220 e. The maximum atomic E-state index is 11.7. The third-order valence-electron chi connectivity index (χ3n) is 3.98. The van der Waals surface area contributed by atoms with Gasteiger partial charge in [0, 0.05) is 19.0 Å². The summed E-state index contributed by atoms with van der Waals surface area (Å²) in [5, 5.41) is 3.10. The van der Waals surface area contributed by atoms with Crippen LogP contribution in [0.25, 0.3) is 0 Å². The molecule has 3 heteroatoms. The highest BCUT2D eigenvalue weighted by molar-refractivity contribution is 5.75. The van der Waals surface area contributed by atoms with Crippen molar-refractivity contribution < 1.29 is 4.79 Å². The van der Waals surface area contributed by atoms with Gasteiger partial charge in [0.1, 0.15) is 0 Å². The molecule has 1 aliphatic rings. The molecule has 2 rings (SSSR count). The first-order valence-electron chi connectivity index (χ1n) is 7.84. The highest BCUT2D eigenvalue weighted by Gasteiger charge is 2.22. The molecule has 1 amide bonds. The van der Waals surface area contributed by atoms with Crippen LogP contribution in [0.2, 0.25) is 0 Å². The quantitative estimate of drug-likeness (QED) is 0.829. The molecule has 1 saturated heterocycles. The molecule has 1 aromatic carbocycles. The molecule has 1 aromatic rings. The Morgan fingerprint density at radius 2 is 1.95 bits per heavy atom. The SMILES string of the molecule is CCCC(=O)NCC(Cc1ccccc1)N1CCCC1. The predicted octanol–water partition coefficient (Wildman–Crippen LogP) is 2.61. The number of amides is 1. The molecule has 1 N–H and O–H groups in total. The Hall–Kier alpha value is -1.35. The van der Waals surface area contributed by atoms with Crippen molar-refractivity contribution in [3.63, 3.8) is 0 Å². The fraction of sp³-hybridized carbons (Fsp3) is 0.588. The lowest BCUT2D eigenvalue weighted by Crippen LogP contribution is -2.43. The molecule has 20 heavy (non-hydrogen) atoms. The minimum absolute atomic E-state index is 0.185. The fourth-order valence-corrected chi connectivity index (χ4v) is 2.87. The van der Waals surface area contributed by atoms with Gasteiger partial charge in [-0.1, -0.05) is 37.3 Å². The third-order valence-corrected chi connectivity index (χ3v) is 3.98. The Morgan fingerprint density at radius 1 is 1.25 bits per heavy atom. The number of carbonyl (C=O) groups excluding carboxylic acids is 1. The summed E-state index contributed by atoms with van der Waals surface area (Å²) < 4.78 is 0. The highest BCUT2D eigenvalue weighted by Crippen LogP contribution is 2.15. The summed E-state index contributed by atoms with van der Waals surface area (Å²) >= 11 is 0. The second-order valence-electron chi connectivity index (χ2n) is 5.64. The molecular formula is C17H26N2O. The Morgan fingerprint density at radius 3 is 2.60 bits per heavy atom. The monoisotopic (exact) mass is 274 g/mol. The van der Waals surface area contributed by atoms with Crippen LogP contribution in [0.15, 0.2) is 30.3 Å². The van der Waals surface area contributed by atoms with Crippen LogP contribution in [0, 0.1) is 0 Å². The molecule has 1 fully saturated rings. The topological polar surface area (TPSA) is 32.3 Å². The Kier molecular flexibility index (Phi) is 6.06. The zero-order valence-electron chi connectivity index (χ0n) is 12.5. The van der Waals surface area contributed by atoms with E-state index >= 15 is 0 Å². The van der Waals surface area contributed by atoms with Crippen LogP contribution in [0.3, 0.4) is 0 Å². The maximum absolute atomic E-state index is 11.7. The number of carbonyl (C=O) groups is 1. The van der Waals surface area contributed by atoms with Crippen LogP contribution in [-0.4, -0.2) is 36.5 Å². The number of nitrogens with one attached hydrogen (secondary N) is 1. The van der Waals surface area contributed by atoms with Crippen LogP contribution in [0.4, 0.5) is 0 Å². The molecular weight excluding hydrogens is 248 g/mol. The highest BCUT2D eigenvalue weighted by atomic mass is 16.1. The molecule has 3 nitrogen and oxygen atoms in total. The second kappa shape index (κ2) is 8.05. The summed E-state index contributed by atoms with van der Waals surface area (Å²) in [7, 11) is 0. The summed E-state index contributed by atoms with van der Waals surface area (Å²) in [5.74, 6) is 0.185. The van der Waals surface area contributed by atoms with E-state index in [4.69, 9.17) is 0 Å². The summed E-state index contributed by atoms with van der Waals surface area (Å²) in [6.45, 7) is 5.15. The van der Waals surface area contributed by atoms with Gasteiger partial charge in [-0.15, -0.1) is 0 Å². The van der Waals surface area contributed by atoms with Gasteiger partial charge in [-0.3, -0.25) is 9.69 Å². The standard InChI is InChI=1S/C17H26N2O/c1-2-8-17(20)18-14-16(19-11-6-7-12-19)13-15-9-4-3-5-10-15/h3-5,9-10,16H,2,6-8,11-14H2,1H3,(H,18,20). The lowest BCUT2D eigenvalue weighted by molar-refractivity contribution is -0.121. The van der Waals surface area contributed by atoms with Crippen molar-refractivity contribution in [1.82, 2.24) is 10.2 Å². The minimum Gasteiger partial charge on any atom is -0.355 e. The largest absolute Gasteiger partial charge is 0.355 e. The smallest absolute Gasteiger partial charge is 0.220 e. The normalized spacial score (nSPS) is 17.1. The molecule has 1 heterocycles. The number of hydrogen-bond acceptors (Lipinski definition) is 2. The van der Waals surface area contributed by atoms with Gasteiger partial charge in [0.2, 0.25) is 5.91 Å². The number of benzene rings is 1. The van der Waals surface area contributed by atoms with Crippen LogP contribution in [0.5, 0.6) is 0 Å². The average molecular weight is 274 g/mol. The first-order valence-corrected chi connectivity index (χ1v) is 7.84. The van der Waals surface area contributed by atoms with Crippen molar-refractivity contribution in [3.05, 3.63) is 35.9 Å². The molecule has 1 aliphatic heterocycles. The Balaban J connectivity index is 1.92. The van der Waals surface area contributed by atoms with E-state index in [1.807, 2.05) is 6.92 Å². The van der Waals surface area contributed by atoms with Gasteiger partial charge < -0.3 is 5.32 Å². The third kappa shape index (κ3) is 4.64. The fourth-order valence-electron chi connectivity index (χ4n) is 2.87.